The number of rotatable bonds is 5. The molecule has 0 unspecified atom stereocenters. The third-order valence-electron chi connectivity index (χ3n) is 3.76. The van der Waals surface area contributed by atoms with Gasteiger partial charge in [-0.05, 0) is 25.8 Å². The molecule has 1 saturated heterocycles. The topological polar surface area (TPSA) is 72.9 Å². The summed E-state index contributed by atoms with van der Waals surface area (Å²) in [4.78, 5) is 11.1. The molecule has 0 aromatic carbocycles. The molecule has 1 atom stereocenters. The molecule has 0 amide bonds. The zero-order valence-corrected chi connectivity index (χ0v) is 12.9. The van der Waals surface area contributed by atoms with E-state index >= 15 is 0 Å². The molecule has 3 rings (SSSR count). The van der Waals surface area contributed by atoms with Crippen LogP contribution in [0.15, 0.2) is 10.9 Å². The smallest absolute Gasteiger partial charge is 0.231 e. The van der Waals surface area contributed by atoms with Crippen LogP contribution in [0.3, 0.4) is 0 Å². The van der Waals surface area contributed by atoms with Crippen molar-refractivity contribution in [2.75, 3.05) is 13.1 Å². The highest BCUT2D eigenvalue weighted by Crippen LogP contribution is 2.26. The Morgan fingerprint density at radius 3 is 3.00 bits per heavy atom. The summed E-state index contributed by atoms with van der Waals surface area (Å²) in [5, 5.41) is 8.19. The minimum Gasteiger partial charge on any atom is -0.339 e. The van der Waals surface area contributed by atoms with Crippen LogP contribution in [0.1, 0.15) is 43.7 Å². The summed E-state index contributed by atoms with van der Waals surface area (Å²) in [6.07, 6.45) is 2.70. The summed E-state index contributed by atoms with van der Waals surface area (Å²) in [5.41, 5.74) is 0. The first-order chi connectivity index (χ1) is 10.1. The fourth-order valence-corrected chi connectivity index (χ4v) is 2.77. The lowest BCUT2D eigenvalue weighted by atomic mass is 10.1. The number of hydrogen-bond acceptors (Lipinski definition) is 6. The highest BCUT2D eigenvalue weighted by atomic mass is 16.5. The lowest BCUT2D eigenvalue weighted by Crippen LogP contribution is -2.23. The van der Waals surface area contributed by atoms with E-state index in [4.69, 9.17) is 4.52 Å². The van der Waals surface area contributed by atoms with Gasteiger partial charge >= 0.3 is 0 Å². The second-order valence-electron chi connectivity index (χ2n) is 6.15. The number of likely N-dealkylation sites (tertiary alicyclic amines) is 1. The second-order valence-corrected chi connectivity index (χ2v) is 6.15. The molecule has 1 fully saturated rings. The number of aromatic nitrogens is 5. The van der Waals surface area contributed by atoms with Crippen LogP contribution in [0.25, 0.3) is 0 Å². The number of hydrogen-bond donors (Lipinski definition) is 0. The Morgan fingerprint density at radius 1 is 1.43 bits per heavy atom. The summed E-state index contributed by atoms with van der Waals surface area (Å²) in [5.74, 6) is 3.41. The van der Waals surface area contributed by atoms with E-state index < -0.39 is 0 Å². The molecule has 7 heteroatoms. The zero-order chi connectivity index (χ0) is 14.8. The summed E-state index contributed by atoms with van der Waals surface area (Å²) in [6, 6.07) is 0. The Kier molecular flexibility index (Phi) is 4.01. The van der Waals surface area contributed by atoms with Gasteiger partial charge in [-0.3, -0.25) is 4.90 Å². The van der Waals surface area contributed by atoms with Gasteiger partial charge in [0.05, 0.1) is 12.5 Å². The summed E-state index contributed by atoms with van der Waals surface area (Å²) in [7, 11) is 0. The van der Waals surface area contributed by atoms with Crippen molar-refractivity contribution >= 4 is 0 Å². The predicted molar refractivity (Wildman–Crippen MR) is 76.5 cm³/mol. The van der Waals surface area contributed by atoms with E-state index in [-0.39, 0.29) is 0 Å². The maximum atomic E-state index is 5.29. The third kappa shape index (κ3) is 3.29. The van der Waals surface area contributed by atoms with Crippen LogP contribution in [-0.2, 0) is 13.1 Å². The van der Waals surface area contributed by atoms with Crippen LogP contribution < -0.4 is 0 Å². The lowest BCUT2D eigenvalue weighted by Gasteiger charge is -2.16. The highest BCUT2D eigenvalue weighted by molar-refractivity contribution is 4.99. The van der Waals surface area contributed by atoms with Crippen LogP contribution in [-0.4, -0.2) is 42.9 Å². The molecule has 2 aromatic rings. The van der Waals surface area contributed by atoms with E-state index in [0.29, 0.717) is 17.7 Å². The first kappa shape index (κ1) is 14.2. The quantitative estimate of drug-likeness (QED) is 0.833. The maximum Gasteiger partial charge on any atom is 0.231 e. The van der Waals surface area contributed by atoms with Crippen molar-refractivity contribution in [3.8, 4) is 0 Å². The van der Waals surface area contributed by atoms with Gasteiger partial charge in [0.25, 0.3) is 0 Å². The van der Waals surface area contributed by atoms with E-state index in [1.54, 1.807) is 6.33 Å². The standard InChI is InChI=1S/C14H22N6O/c1-10(2)6-20-13(15-9-16-20)8-19-5-4-12(7-19)14-17-11(3)18-21-14/h9-10,12H,4-8H2,1-3H3/t12-/m0/s1. The van der Waals surface area contributed by atoms with Crippen molar-refractivity contribution < 1.29 is 4.52 Å². The second kappa shape index (κ2) is 5.93. The molecule has 2 aromatic heterocycles. The van der Waals surface area contributed by atoms with Crippen LogP contribution in [0.5, 0.6) is 0 Å². The molecular formula is C14H22N6O. The molecule has 3 heterocycles. The van der Waals surface area contributed by atoms with Crippen molar-refractivity contribution in [2.45, 2.75) is 46.2 Å². The lowest BCUT2D eigenvalue weighted by molar-refractivity contribution is 0.293. The Balaban J connectivity index is 1.61. The minimum atomic E-state index is 0.340. The molecule has 1 aliphatic rings. The number of nitrogens with zero attached hydrogens (tertiary/aromatic N) is 6. The van der Waals surface area contributed by atoms with E-state index in [0.717, 1.165) is 44.3 Å². The number of aryl methyl sites for hydroxylation is 1. The van der Waals surface area contributed by atoms with Gasteiger partial charge in [0.15, 0.2) is 5.82 Å². The van der Waals surface area contributed by atoms with Crippen molar-refractivity contribution in [1.82, 2.24) is 29.8 Å². The maximum absolute atomic E-state index is 5.29. The molecule has 0 bridgehead atoms. The van der Waals surface area contributed by atoms with Gasteiger partial charge in [-0.25, -0.2) is 9.67 Å². The van der Waals surface area contributed by atoms with Crippen LogP contribution >= 0.6 is 0 Å². The van der Waals surface area contributed by atoms with Crippen molar-refractivity contribution in [3.05, 3.63) is 23.9 Å². The largest absolute Gasteiger partial charge is 0.339 e. The SMILES string of the molecule is Cc1noc([C@H]2CCN(Cc3ncnn3CC(C)C)C2)n1. The fraction of sp³-hybridized carbons (Fsp3) is 0.714. The van der Waals surface area contributed by atoms with E-state index in [9.17, 15) is 0 Å². The molecule has 114 valence electrons. The molecular weight excluding hydrogens is 268 g/mol. The predicted octanol–water partition coefficient (Wildman–Crippen LogP) is 1.62. The van der Waals surface area contributed by atoms with Gasteiger partial charge < -0.3 is 4.52 Å². The van der Waals surface area contributed by atoms with E-state index in [1.807, 2.05) is 11.6 Å². The monoisotopic (exact) mass is 290 g/mol. The van der Waals surface area contributed by atoms with E-state index in [2.05, 4.69) is 39.0 Å². The average Bonchev–Trinajstić information content (AvgIpc) is 3.12. The van der Waals surface area contributed by atoms with Gasteiger partial charge in [-0.2, -0.15) is 10.1 Å². The molecule has 7 nitrogen and oxygen atoms in total. The van der Waals surface area contributed by atoms with Crippen molar-refractivity contribution in [3.63, 3.8) is 0 Å². The molecule has 1 aliphatic heterocycles. The Bertz CT molecular complexity index is 590. The van der Waals surface area contributed by atoms with Gasteiger partial charge in [0, 0.05) is 13.1 Å². The Labute approximate surface area is 124 Å². The van der Waals surface area contributed by atoms with Crippen LogP contribution in [0.2, 0.25) is 0 Å². The van der Waals surface area contributed by atoms with Crippen molar-refractivity contribution in [1.29, 1.82) is 0 Å². The molecule has 0 spiro atoms. The van der Waals surface area contributed by atoms with Crippen molar-refractivity contribution in [2.24, 2.45) is 5.92 Å². The first-order valence-electron chi connectivity index (χ1n) is 7.51. The van der Waals surface area contributed by atoms with Crippen LogP contribution in [0.4, 0.5) is 0 Å². The summed E-state index contributed by atoms with van der Waals surface area (Å²) in [6.45, 7) is 9.95. The van der Waals surface area contributed by atoms with Crippen LogP contribution in [0, 0.1) is 12.8 Å². The first-order valence-corrected chi connectivity index (χ1v) is 7.51. The normalized spacial score (nSPS) is 19.7. The molecule has 0 radical (unpaired) electrons. The Hall–Kier alpha value is -1.76. The summed E-state index contributed by atoms with van der Waals surface area (Å²) < 4.78 is 7.30. The third-order valence-corrected chi connectivity index (χ3v) is 3.76. The van der Waals surface area contributed by atoms with Gasteiger partial charge in [0.1, 0.15) is 12.2 Å². The van der Waals surface area contributed by atoms with Gasteiger partial charge in [0.2, 0.25) is 5.89 Å². The molecule has 0 saturated carbocycles. The summed E-state index contributed by atoms with van der Waals surface area (Å²) >= 11 is 0. The average molecular weight is 290 g/mol. The fourth-order valence-electron chi connectivity index (χ4n) is 2.77. The van der Waals surface area contributed by atoms with Gasteiger partial charge in [-0.15, -0.1) is 0 Å². The zero-order valence-electron chi connectivity index (χ0n) is 12.9. The van der Waals surface area contributed by atoms with E-state index in [1.165, 1.54) is 0 Å². The molecule has 0 aliphatic carbocycles. The molecule has 0 N–H and O–H groups in total. The minimum absolute atomic E-state index is 0.340. The Morgan fingerprint density at radius 2 is 2.29 bits per heavy atom. The molecule has 21 heavy (non-hydrogen) atoms. The highest BCUT2D eigenvalue weighted by Gasteiger charge is 2.28. The van der Waals surface area contributed by atoms with Gasteiger partial charge in [-0.1, -0.05) is 19.0 Å².